The Morgan fingerprint density at radius 1 is 1.41 bits per heavy atom. The predicted molar refractivity (Wildman–Crippen MR) is 62.4 cm³/mol. The van der Waals surface area contributed by atoms with Gasteiger partial charge >= 0.3 is 5.97 Å². The first-order chi connectivity index (χ1) is 8.25. The first-order valence-corrected chi connectivity index (χ1v) is 5.95. The summed E-state index contributed by atoms with van der Waals surface area (Å²) in [7, 11) is 0. The summed E-state index contributed by atoms with van der Waals surface area (Å²) in [5.74, 6) is 0.0112. The summed E-state index contributed by atoms with van der Waals surface area (Å²) in [6.45, 7) is 2.05. The molecule has 0 aliphatic carbocycles. The van der Waals surface area contributed by atoms with Gasteiger partial charge in [0.1, 0.15) is 5.75 Å². The van der Waals surface area contributed by atoms with E-state index in [4.69, 9.17) is 4.74 Å². The van der Waals surface area contributed by atoms with Crippen molar-refractivity contribution in [2.45, 2.75) is 12.3 Å². The van der Waals surface area contributed by atoms with Gasteiger partial charge in [0.2, 0.25) is 0 Å². The van der Waals surface area contributed by atoms with E-state index >= 15 is 0 Å². The second-order valence-corrected chi connectivity index (χ2v) is 4.68. The summed E-state index contributed by atoms with van der Waals surface area (Å²) in [5, 5.41) is 12.3. The van der Waals surface area contributed by atoms with Gasteiger partial charge in [0.25, 0.3) is 0 Å². The molecule has 2 aliphatic heterocycles. The molecular formula is C13H15NO3. The van der Waals surface area contributed by atoms with Crippen molar-refractivity contribution in [3.8, 4) is 5.75 Å². The fourth-order valence-electron chi connectivity index (χ4n) is 2.73. The number of benzene rings is 1. The van der Waals surface area contributed by atoms with Crippen LogP contribution >= 0.6 is 0 Å². The molecule has 1 fully saturated rings. The first-order valence-electron chi connectivity index (χ1n) is 5.95. The van der Waals surface area contributed by atoms with Crippen LogP contribution in [0.25, 0.3) is 0 Å². The van der Waals surface area contributed by atoms with E-state index in [1.54, 1.807) is 0 Å². The molecule has 1 saturated heterocycles. The Morgan fingerprint density at radius 2 is 2.29 bits per heavy atom. The van der Waals surface area contributed by atoms with Crippen molar-refractivity contribution >= 4 is 5.97 Å². The normalized spacial score (nSPS) is 26.6. The molecule has 2 aliphatic rings. The van der Waals surface area contributed by atoms with Crippen LogP contribution in [0, 0.1) is 5.92 Å². The summed E-state index contributed by atoms with van der Waals surface area (Å²) < 4.78 is 5.46. The maximum absolute atomic E-state index is 11.2. The molecule has 17 heavy (non-hydrogen) atoms. The fraction of sp³-hybridized carbons (Fsp3) is 0.462. The highest BCUT2D eigenvalue weighted by Crippen LogP contribution is 2.33. The average Bonchev–Trinajstić information content (AvgIpc) is 2.96. The highest BCUT2D eigenvalue weighted by molar-refractivity contribution is 5.72. The molecule has 4 nitrogen and oxygen atoms in total. The van der Waals surface area contributed by atoms with Crippen molar-refractivity contribution in [3.63, 3.8) is 0 Å². The molecule has 0 aromatic heterocycles. The van der Waals surface area contributed by atoms with Crippen LogP contribution in [-0.4, -0.2) is 30.8 Å². The van der Waals surface area contributed by atoms with Gasteiger partial charge in [-0.15, -0.1) is 0 Å². The van der Waals surface area contributed by atoms with Crippen molar-refractivity contribution in [1.82, 2.24) is 5.32 Å². The SMILES string of the molecule is O=C(O)[C@H]1CNC[C@@H]1c1ccc2c(c1)CCO2. The van der Waals surface area contributed by atoms with Crippen molar-refractivity contribution in [1.29, 1.82) is 0 Å². The molecule has 4 heteroatoms. The number of aliphatic carboxylic acids is 1. The van der Waals surface area contributed by atoms with Gasteiger partial charge in [-0.05, 0) is 17.2 Å². The molecule has 0 unspecified atom stereocenters. The zero-order valence-electron chi connectivity index (χ0n) is 9.48. The van der Waals surface area contributed by atoms with Crippen LogP contribution in [0.1, 0.15) is 17.0 Å². The number of carboxylic acids is 1. The van der Waals surface area contributed by atoms with E-state index < -0.39 is 5.97 Å². The minimum absolute atomic E-state index is 0.0819. The van der Waals surface area contributed by atoms with Crippen LogP contribution in [0.4, 0.5) is 0 Å². The minimum Gasteiger partial charge on any atom is -0.493 e. The number of nitrogens with one attached hydrogen (secondary N) is 1. The molecule has 2 N–H and O–H groups in total. The standard InChI is InChI=1S/C13H15NO3/c15-13(16)11-7-14-6-10(11)8-1-2-12-9(5-8)3-4-17-12/h1-2,5,10-11,14H,3-4,6-7H2,(H,15,16)/t10-,11+/m1/s1. The van der Waals surface area contributed by atoms with Gasteiger partial charge in [-0.1, -0.05) is 12.1 Å². The molecule has 2 heterocycles. The summed E-state index contributed by atoms with van der Waals surface area (Å²) in [6.07, 6.45) is 0.932. The molecular weight excluding hydrogens is 218 g/mol. The van der Waals surface area contributed by atoms with E-state index in [1.807, 2.05) is 12.1 Å². The molecule has 0 spiro atoms. The number of carbonyl (C=O) groups is 1. The van der Waals surface area contributed by atoms with E-state index in [-0.39, 0.29) is 11.8 Å². The van der Waals surface area contributed by atoms with Crippen molar-refractivity contribution in [3.05, 3.63) is 29.3 Å². The molecule has 90 valence electrons. The molecule has 0 amide bonds. The smallest absolute Gasteiger partial charge is 0.308 e. The summed E-state index contributed by atoms with van der Waals surface area (Å²) in [5.41, 5.74) is 2.32. The van der Waals surface area contributed by atoms with Gasteiger partial charge in [-0.3, -0.25) is 4.79 Å². The van der Waals surface area contributed by atoms with Gasteiger partial charge in [0.15, 0.2) is 0 Å². The quantitative estimate of drug-likeness (QED) is 0.800. The van der Waals surface area contributed by atoms with E-state index in [0.717, 1.165) is 30.9 Å². The van der Waals surface area contributed by atoms with Crippen LogP contribution in [0.3, 0.4) is 0 Å². The molecule has 2 atom stereocenters. The number of ether oxygens (including phenoxy) is 1. The predicted octanol–water partition coefficient (Wildman–Crippen LogP) is 1.01. The average molecular weight is 233 g/mol. The van der Waals surface area contributed by atoms with Crippen molar-refractivity contribution < 1.29 is 14.6 Å². The van der Waals surface area contributed by atoms with E-state index in [1.165, 1.54) is 5.56 Å². The largest absolute Gasteiger partial charge is 0.493 e. The van der Waals surface area contributed by atoms with Gasteiger partial charge in [-0.2, -0.15) is 0 Å². The zero-order valence-corrected chi connectivity index (χ0v) is 9.48. The first kappa shape index (κ1) is 10.6. The maximum Gasteiger partial charge on any atom is 0.308 e. The monoisotopic (exact) mass is 233 g/mol. The lowest BCUT2D eigenvalue weighted by atomic mass is 9.88. The Morgan fingerprint density at radius 3 is 3.12 bits per heavy atom. The molecule has 1 aromatic rings. The number of fused-ring (bicyclic) bond motifs is 1. The molecule has 1 aromatic carbocycles. The van der Waals surface area contributed by atoms with E-state index in [2.05, 4.69) is 11.4 Å². The number of hydrogen-bond acceptors (Lipinski definition) is 3. The molecule has 0 bridgehead atoms. The zero-order chi connectivity index (χ0) is 11.8. The van der Waals surface area contributed by atoms with Gasteiger partial charge in [-0.25, -0.2) is 0 Å². The Bertz CT molecular complexity index is 458. The number of carboxylic acid groups (broad SMARTS) is 1. The van der Waals surface area contributed by atoms with E-state index in [9.17, 15) is 9.90 Å². The lowest BCUT2D eigenvalue weighted by Crippen LogP contribution is -2.21. The highest BCUT2D eigenvalue weighted by atomic mass is 16.5. The molecule has 0 saturated carbocycles. The minimum atomic E-state index is -0.711. The summed E-state index contributed by atoms with van der Waals surface area (Å²) in [4.78, 5) is 11.2. The fourth-order valence-corrected chi connectivity index (χ4v) is 2.73. The van der Waals surface area contributed by atoms with Gasteiger partial charge in [0.05, 0.1) is 12.5 Å². The summed E-state index contributed by atoms with van der Waals surface area (Å²) >= 11 is 0. The van der Waals surface area contributed by atoms with Crippen LogP contribution in [0.5, 0.6) is 5.75 Å². The van der Waals surface area contributed by atoms with Crippen LogP contribution in [-0.2, 0) is 11.2 Å². The van der Waals surface area contributed by atoms with Crippen LogP contribution in [0.2, 0.25) is 0 Å². The number of rotatable bonds is 2. The van der Waals surface area contributed by atoms with E-state index in [0.29, 0.717) is 6.54 Å². The second kappa shape index (κ2) is 4.04. The lowest BCUT2D eigenvalue weighted by molar-refractivity contribution is -0.141. The Kier molecular flexibility index (Phi) is 2.52. The Labute approximate surface area is 99.6 Å². The third-order valence-corrected chi connectivity index (χ3v) is 3.67. The molecule has 0 radical (unpaired) electrons. The molecule has 3 rings (SSSR count). The van der Waals surface area contributed by atoms with Gasteiger partial charge in [0, 0.05) is 25.4 Å². The maximum atomic E-state index is 11.2. The lowest BCUT2D eigenvalue weighted by Gasteiger charge is -2.15. The third-order valence-electron chi connectivity index (χ3n) is 3.67. The van der Waals surface area contributed by atoms with Gasteiger partial charge < -0.3 is 15.2 Å². The summed E-state index contributed by atoms with van der Waals surface area (Å²) in [6, 6.07) is 6.07. The number of hydrogen-bond donors (Lipinski definition) is 2. The van der Waals surface area contributed by atoms with Crippen molar-refractivity contribution in [2.75, 3.05) is 19.7 Å². The van der Waals surface area contributed by atoms with Crippen LogP contribution < -0.4 is 10.1 Å². The Balaban J connectivity index is 1.91. The topological polar surface area (TPSA) is 58.6 Å². The van der Waals surface area contributed by atoms with Crippen molar-refractivity contribution in [2.24, 2.45) is 5.92 Å². The van der Waals surface area contributed by atoms with Crippen LogP contribution in [0.15, 0.2) is 18.2 Å². The Hall–Kier alpha value is -1.55. The highest BCUT2D eigenvalue weighted by Gasteiger charge is 2.34. The second-order valence-electron chi connectivity index (χ2n) is 4.68. The third kappa shape index (κ3) is 1.78.